The van der Waals surface area contributed by atoms with Crippen molar-refractivity contribution in [2.45, 2.75) is 13.1 Å². The molecular formula is C17H16F3N3O2S. The quantitative estimate of drug-likeness (QED) is 0.801. The van der Waals surface area contributed by atoms with Crippen molar-refractivity contribution in [1.29, 1.82) is 0 Å². The maximum atomic E-state index is 12.6. The molecule has 0 bridgehead atoms. The van der Waals surface area contributed by atoms with Gasteiger partial charge in [-0.05, 0) is 31.2 Å². The minimum Gasteiger partial charge on any atom is -0.335 e. The minimum absolute atomic E-state index is 0.170. The number of hydrogen-bond acceptors (Lipinski definition) is 4. The first-order chi connectivity index (χ1) is 12.3. The van der Waals surface area contributed by atoms with Gasteiger partial charge >= 0.3 is 6.18 Å². The van der Waals surface area contributed by atoms with E-state index in [4.69, 9.17) is 0 Å². The third-order valence-electron chi connectivity index (χ3n) is 4.15. The largest absolute Gasteiger partial charge is 0.416 e. The van der Waals surface area contributed by atoms with Crippen LogP contribution in [0.25, 0.3) is 0 Å². The van der Waals surface area contributed by atoms with Crippen molar-refractivity contribution < 1.29 is 22.8 Å². The molecule has 1 aromatic heterocycles. The van der Waals surface area contributed by atoms with E-state index in [2.05, 4.69) is 4.98 Å². The van der Waals surface area contributed by atoms with E-state index in [1.54, 1.807) is 15.2 Å². The maximum Gasteiger partial charge on any atom is 0.416 e. The summed E-state index contributed by atoms with van der Waals surface area (Å²) in [6.45, 7) is 3.20. The predicted octanol–water partition coefficient (Wildman–Crippen LogP) is 3.07. The van der Waals surface area contributed by atoms with Gasteiger partial charge in [0.15, 0.2) is 0 Å². The molecule has 0 unspecified atom stereocenters. The third-order valence-corrected chi connectivity index (χ3v) is 4.92. The molecule has 9 heteroatoms. The fourth-order valence-corrected chi connectivity index (χ4v) is 3.31. The number of nitrogens with zero attached hydrogens (tertiary/aromatic N) is 3. The average Bonchev–Trinajstić information content (AvgIpc) is 3.06. The van der Waals surface area contributed by atoms with Gasteiger partial charge in [0.05, 0.1) is 10.6 Å². The van der Waals surface area contributed by atoms with Crippen molar-refractivity contribution in [3.63, 3.8) is 0 Å². The molecule has 1 saturated heterocycles. The first kappa shape index (κ1) is 18.4. The monoisotopic (exact) mass is 383 g/mol. The van der Waals surface area contributed by atoms with Gasteiger partial charge in [-0.3, -0.25) is 9.59 Å². The highest BCUT2D eigenvalue weighted by Gasteiger charge is 2.31. The number of hydrogen-bond donors (Lipinski definition) is 0. The van der Waals surface area contributed by atoms with Crippen LogP contribution < -0.4 is 0 Å². The molecule has 1 aliphatic heterocycles. The van der Waals surface area contributed by atoms with Gasteiger partial charge < -0.3 is 9.80 Å². The van der Waals surface area contributed by atoms with Gasteiger partial charge in [0.2, 0.25) is 0 Å². The van der Waals surface area contributed by atoms with Crippen LogP contribution >= 0.6 is 11.3 Å². The van der Waals surface area contributed by atoms with Crippen LogP contribution in [0.2, 0.25) is 0 Å². The highest BCUT2D eigenvalue weighted by molar-refractivity contribution is 7.09. The number of piperazine rings is 1. The van der Waals surface area contributed by atoms with Gasteiger partial charge in [0.25, 0.3) is 11.8 Å². The van der Waals surface area contributed by atoms with E-state index in [-0.39, 0.29) is 17.4 Å². The summed E-state index contributed by atoms with van der Waals surface area (Å²) in [5.74, 6) is -0.508. The fraction of sp³-hybridized carbons (Fsp3) is 0.353. The Balaban J connectivity index is 1.61. The Morgan fingerprint density at radius 3 is 2.00 bits per heavy atom. The molecule has 2 amide bonds. The number of carbonyl (C=O) groups is 2. The molecular weight excluding hydrogens is 367 g/mol. The molecule has 1 aromatic carbocycles. The van der Waals surface area contributed by atoms with E-state index in [0.29, 0.717) is 31.9 Å². The molecule has 1 aliphatic rings. The van der Waals surface area contributed by atoms with Crippen molar-refractivity contribution in [3.8, 4) is 0 Å². The molecule has 1 fully saturated rings. The number of aryl methyl sites for hydroxylation is 1. The normalized spacial score (nSPS) is 15.2. The lowest BCUT2D eigenvalue weighted by Gasteiger charge is -2.34. The smallest absolute Gasteiger partial charge is 0.335 e. The Hall–Kier alpha value is -2.42. The number of aromatic nitrogens is 1. The summed E-state index contributed by atoms with van der Waals surface area (Å²) in [4.78, 5) is 32.1. The molecule has 0 aliphatic carbocycles. The molecule has 0 N–H and O–H groups in total. The second-order valence-electron chi connectivity index (χ2n) is 5.91. The van der Waals surface area contributed by atoms with Crippen LogP contribution in [0.1, 0.15) is 31.4 Å². The highest BCUT2D eigenvalue weighted by atomic mass is 32.1. The van der Waals surface area contributed by atoms with Gasteiger partial charge in [-0.25, -0.2) is 4.98 Å². The molecule has 0 radical (unpaired) electrons. The molecule has 0 spiro atoms. The summed E-state index contributed by atoms with van der Waals surface area (Å²) in [6, 6.07) is 4.16. The van der Waals surface area contributed by atoms with Gasteiger partial charge in [-0.2, -0.15) is 13.2 Å². The molecule has 5 nitrogen and oxygen atoms in total. The summed E-state index contributed by atoms with van der Waals surface area (Å²) in [5.41, 5.74) is -0.189. The topological polar surface area (TPSA) is 53.5 Å². The van der Waals surface area contributed by atoms with E-state index in [1.165, 1.54) is 23.5 Å². The van der Waals surface area contributed by atoms with Crippen LogP contribution in [0.5, 0.6) is 0 Å². The van der Waals surface area contributed by atoms with Crippen LogP contribution in [0.15, 0.2) is 29.6 Å². The lowest BCUT2D eigenvalue weighted by atomic mass is 10.1. The first-order valence-electron chi connectivity index (χ1n) is 7.93. The molecule has 138 valence electrons. The third kappa shape index (κ3) is 3.87. The fourth-order valence-electron chi connectivity index (χ4n) is 2.72. The van der Waals surface area contributed by atoms with Crippen LogP contribution in [0.4, 0.5) is 13.2 Å². The van der Waals surface area contributed by atoms with Gasteiger partial charge in [-0.1, -0.05) is 0 Å². The second kappa shape index (κ2) is 7.06. The Morgan fingerprint density at radius 1 is 1.00 bits per heavy atom. The molecule has 2 aromatic rings. The zero-order valence-corrected chi connectivity index (χ0v) is 14.7. The van der Waals surface area contributed by atoms with Crippen LogP contribution in [-0.4, -0.2) is 52.8 Å². The molecule has 26 heavy (non-hydrogen) atoms. The second-order valence-corrected chi connectivity index (χ2v) is 6.97. The van der Waals surface area contributed by atoms with E-state index in [9.17, 15) is 22.8 Å². The molecule has 0 saturated carbocycles. The zero-order valence-electron chi connectivity index (χ0n) is 13.9. The molecule has 3 rings (SSSR count). The summed E-state index contributed by atoms with van der Waals surface area (Å²) < 4.78 is 37.8. The van der Waals surface area contributed by atoms with Gasteiger partial charge in [-0.15, -0.1) is 11.3 Å². The number of rotatable bonds is 2. The van der Waals surface area contributed by atoms with E-state index >= 15 is 0 Å². The average molecular weight is 383 g/mol. The number of benzene rings is 1. The Morgan fingerprint density at radius 2 is 1.54 bits per heavy atom. The lowest BCUT2D eigenvalue weighted by Crippen LogP contribution is -2.50. The van der Waals surface area contributed by atoms with E-state index < -0.39 is 11.7 Å². The van der Waals surface area contributed by atoms with Crippen molar-refractivity contribution in [2.75, 3.05) is 26.2 Å². The van der Waals surface area contributed by atoms with Crippen molar-refractivity contribution in [1.82, 2.24) is 14.8 Å². The summed E-state index contributed by atoms with van der Waals surface area (Å²) in [6.07, 6.45) is -4.43. The van der Waals surface area contributed by atoms with Crippen molar-refractivity contribution >= 4 is 23.2 Å². The molecule has 2 heterocycles. The number of thiazole rings is 1. The number of amides is 2. The summed E-state index contributed by atoms with van der Waals surface area (Å²) >= 11 is 1.40. The standard InChI is InChI=1S/C17H16F3N3O2S/c1-11-21-14(10-26-11)16(25)23-8-6-22(7-9-23)15(24)12-2-4-13(5-3-12)17(18,19)20/h2-5,10H,6-9H2,1H3. The Labute approximate surface area is 152 Å². The number of halogens is 3. The van der Waals surface area contributed by atoms with E-state index in [0.717, 1.165) is 17.1 Å². The number of alkyl halides is 3. The van der Waals surface area contributed by atoms with Crippen LogP contribution in [0.3, 0.4) is 0 Å². The molecule has 0 atom stereocenters. The predicted molar refractivity (Wildman–Crippen MR) is 90.1 cm³/mol. The zero-order chi connectivity index (χ0) is 18.9. The Bertz CT molecular complexity index is 809. The van der Waals surface area contributed by atoms with Gasteiger partial charge in [0.1, 0.15) is 5.69 Å². The highest BCUT2D eigenvalue weighted by Crippen LogP contribution is 2.29. The summed E-state index contributed by atoms with van der Waals surface area (Å²) in [5, 5.41) is 2.52. The minimum atomic E-state index is -4.43. The summed E-state index contributed by atoms with van der Waals surface area (Å²) in [7, 11) is 0. The number of carbonyl (C=O) groups excluding carboxylic acids is 2. The van der Waals surface area contributed by atoms with Crippen molar-refractivity contribution in [3.05, 3.63) is 51.5 Å². The van der Waals surface area contributed by atoms with Crippen LogP contribution in [0, 0.1) is 6.92 Å². The van der Waals surface area contributed by atoms with Crippen molar-refractivity contribution in [2.24, 2.45) is 0 Å². The van der Waals surface area contributed by atoms with E-state index in [1.807, 2.05) is 6.92 Å². The van der Waals surface area contributed by atoms with Crippen LogP contribution in [-0.2, 0) is 6.18 Å². The lowest BCUT2D eigenvalue weighted by molar-refractivity contribution is -0.137. The van der Waals surface area contributed by atoms with Gasteiger partial charge in [0, 0.05) is 37.1 Å². The maximum absolute atomic E-state index is 12.6. The first-order valence-corrected chi connectivity index (χ1v) is 8.81. The SMILES string of the molecule is Cc1nc(C(=O)N2CCN(C(=O)c3ccc(C(F)(F)F)cc3)CC2)cs1. The Kier molecular flexibility index (Phi) is 4.99.